The number of hydrogen-bond acceptors (Lipinski definition) is 3. The summed E-state index contributed by atoms with van der Waals surface area (Å²) in [7, 11) is 1.65. The molecule has 21 heavy (non-hydrogen) atoms. The van der Waals surface area contributed by atoms with Gasteiger partial charge >= 0.3 is 0 Å². The van der Waals surface area contributed by atoms with Crippen LogP contribution < -0.4 is 10.5 Å². The Balaban J connectivity index is 2.10. The molecule has 0 bridgehead atoms. The Hall–Kier alpha value is -1.55. The number of methoxy groups -OCH3 is 1. The number of rotatable bonds is 4. The standard InChI is InChI=1S/C17H26N2O2/c1-13-8-9-16(21-2)14(11-13)15(18)12-19-10-6-4-3-5-7-17(19)20/h8-9,11,15H,3-7,10,12,18H2,1-2H3. The number of nitrogens with two attached hydrogens (primary N) is 1. The van der Waals surface area contributed by atoms with E-state index >= 15 is 0 Å². The molecule has 0 radical (unpaired) electrons. The molecule has 116 valence electrons. The van der Waals surface area contributed by atoms with E-state index in [0.717, 1.165) is 42.7 Å². The van der Waals surface area contributed by atoms with E-state index in [4.69, 9.17) is 10.5 Å². The van der Waals surface area contributed by atoms with Gasteiger partial charge in [0.1, 0.15) is 5.75 Å². The second-order valence-electron chi connectivity index (χ2n) is 5.86. The molecule has 1 unspecified atom stereocenters. The third-order valence-corrected chi connectivity index (χ3v) is 4.12. The summed E-state index contributed by atoms with van der Waals surface area (Å²) in [6, 6.07) is 5.80. The number of likely N-dealkylation sites (tertiary alicyclic amines) is 1. The van der Waals surface area contributed by atoms with Crippen molar-refractivity contribution in [3.05, 3.63) is 29.3 Å². The van der Waals surface area contributed by atoms with Gasteiger partial charge in [0, 0.05) is 25.1 Å². The van der Waals surface area contributed by atoms with Crippen molar-refractivity contribution < 1.29 is 9.53 Å². The van der Waals surface area contributed by atoms with Crippen LogP contribution in [-0.2, 0) is 4.79 Å². The smallest absolute Gasteiger partial charge is 0.222 e. The van der Waals surface area contributed by atoms with Crippen LogP contribution in [0.3, 0.4) is 0 Å². The number of nitrogens with zero attached hydrogens (tertiary/aromatic N) is 1. The molecule has 2 rings (SSSR count). The van der Waals surface area contributed by atoms with E-state index in [-0.39, 0.29) is 11.9 Å². The van der Waals surface area contributed by atoms with Crippen molar-refractivity contribution >= 4 is 5.91 Å². The normalized spacial score (nSPS) is 18.0. The summed E-state index contributed by atoms with van der Waals surface area (Å²) >= 11 is 0. The van der Waals surface area contributed by atoms with Crippen LogP contribution in [0.4, 0.5) is 0 Å². The molecule has 0 spiro atoms. The molecular formula is C17H26N2O2. The quantitative estimate of drug-likeness (QED) is 0.927. The number of aryl methyl sites for hydroxylation is 1. The van der Waals surface area contributed by atoms with E-state index in [9.17, 15) is 4.79 Å². The van der Waals surface area contributed by atoms with E-state index in [1.807, 2.05) is 24.0 Å². The van der Waals surface area contributed by atoms with Gasteiger partial charge in [-0.1, -0.05) is 30.5 Å². The van der Waals surface area contributed by atoms with Gasteiger partial charge in [-0.15, -0.1) is 0 Å². The predicted molar refractivity (Wildman–Crippen MR) is 84.3 cm³/mol. The summed E-state index contributed by atoms with van der Waals surface area (Å²) in [4.78, 5) is 14.1. The molecule has 0 saturated carbocycles. The molecular weight excluding hydrogens is 264 g/mol. The van der Waals surface area contributed by atoms with Crippen molar-refractivity contribution in [1.29, 1.82) is 0 Å². The first-order valence-corrected chi connectivity index (χ1v) is 7.79. The highest BCUT2D eigenvalue weighted by atomic mass is 16.5. The molecule has 4 nitrogen and oxygen atoms in total. The van der Waals surface area contributed by atoms with Crippen LogP contribution in [0.15, 0.2) is 18.2 Å². The van der Waals surface area contributed by atoms with Crippen molar-refractivity contribution in [2.45, 2.75) is 45.1 Å². The average Bonchev–Trinajstić information content (AvgIpc) is 2.46. The molecule has 1 aliphatic heterocycles. The van der Waals surface area contributed by atoms with E-state index in [0.29, 0.717) is 13.0 Å². The number of ether oxygens (including phenoxy) is 1. The fourth-order valence-corrected chi connectivity index (χ4v) is 2.89. The average molecular weight is 290 g/mol. The minimum Gasteiger partial charge on any atom is -0.496 e. The topological polar surface area (TPSA) is 55.6 Å². The maximum absolute atomic E-state index is 12.2. The van der Waals surface area contributed by atoms with Crippen LogP contribution in [0.5, 0.6) is 5.75 Å². The summed E-state index contributed by atoms with van der Waals surface area (Å²) in [5.41, 5.74) is 8.48. The van der Waals surface area contributed by atoms with Crippen LogP contribution in [0.2, 0.25) is 0 Å². The summed E-state index contributed by atoms with van der Waals surface area (Å²) < 4.78 is 5.40. The van der Waals surface area contributed by atoms with Gasteiger partial charge < -0.3 is 15.4 Å². The lowest BCUT2D eigenvalue weighted by Crippen LogP contribution is -2.38. The fourth-order valence-electron chi connectivity index (χ4n) is 2.89. The van der Waals surface area contributed by atoms with Gasteiger partial charge in [0.25, 0.3) is 0 Å². The first-order valence-electron chi connectivity index (χ1n) is 7.79. The molecule has 2 N–H and O–H groups in total. The summed E-state index contributed by atoms with van der Waals surface area (Å²) in [5, 5.41) is 0. The van der Waals surface area contributed by atoms with Gasteiger partial charge in [-0.05, 0) is 25.8 Å². The van der Waals surface area contributed by atoms with Crippen molar-refractivity contribution in [2.24, 2.45) is 5.73 Å². The lowest BCUT2D eigenvalue weighted by Gasteiger charge is -2.28. The highest BCUT2D eigenvalue weighted by molar-refractivity contribution is 5.76. The minimum atomic E-state index is -0.205. The highest BCUT2D eigenvalue weighted by Crippen LogP contribution is 2.26. The Labute approximate surface area is 127 Å². The lowest BCUT2D eigenvalue weighted by molar-refractivity contribution is -0.132. The Morgan fingerprint density at radius 2 is 2.05 bits per heavy atom. The van der Waals surface area contributed by atoms with Crippen molar-refractivity contribution in [3.63, 3.8) is 0 Å². The molecule has 1 heterocycles. The zero-order chi connectivity index (χ0) is 15.2. The maximum Gasteiger partial charge on any atom is 0.222 e. The number of amides is 1. The second kappa shape index (κ2) is 7.46. The second-order valence-corrected chi connectivity index (χ2v) is 5.86. The zero-order valence-electron chi connectivity index (χ0n) is 13.1. The molecule has 1 saturated heterocycles. The van der Waals surface area contributed by atoms with E-state index < -0.39 is 0 Å². The molecule has 0 aliphatic carbocycles. The molecule has 1 aliphatic rings. The van der Waals surface area contributed by atoms with Crippen LogP contribution in [0.25, 0.3) is 0 Å². The van der Waals surface area contributed by atoms with Gasteiger partial charge in [-0.25, -0.2) is 0 Å². The van der Waals surface area contributed by atoms with Gasteiger partial charge in [0.15, 0.2) is 0 Å². The van der Waals surface area contributed by atoms with Crippen LogP contribution >= 0.6 is 0 Å². The number of carbonyl (C=O) groups excluding carboxylic acids is 1. The van der Waals surface area contributed by atoms with E-state index in [1.54, 1.807) is 7.11 Å². The number of benzene rings is 1. The first-order chi connectivity index (χ1) is 10.1. The largest absolute Gasteiger partial charge is 0.496 e. The Morgan fingerprint density at radius 3 is 2.81 bits per heavy atom. The summed E-state index contributed by atoms with van der Waals surface area (Å²) in [5.74, 6) is 1.03. The lowest BCUT2D eigenvalue weighted by atomic mass is 10.0. The van der Waals surface area contributed by atoms with Gasteiger partial charge in [0.2, 0.25) is 5.91 Å². The third-order valence-electron chi connectivity index (χ3n) is 4.12. The molecule has 1 amide bonds. The minimum absolute atomic E-state index is 0.205. The van der Waals surface area contributed by atoms with Crippen LogP contribution in [-0.4, -0.2) is 31.0 Å². The summed E-state index contributed by atoms with van der Waals surface area (Å²) in [6.45, 7) is 3.43. The molecule has 1 aromatic rings. The fraction of sp³-hybridized carbons (Fsp3) is 0.588. The molecule has 0 aromatic heterocycles. The van der Waals surface area contributed by atoms with Crippen molar-refractivity contribution in [1.82, 2.24) is 4.90 Å². The molecule has 4 heteroatoms. The highest BCUT2D eigenvalue weighted by Gasteiger charge is 2.20. The van der Waals surface area contributed by atoms with Gasteiger partial charge in [-0.3, -0.25) is 4.79 Å². The van der Waals surface area contributed by atoms with E-state index in [2.05, 4.69) is 6.07 Å². The SMILES string of the molecule is COc1ccc(C)cc1C(N)CN1CCCCCCC1=O. The molecule has 1 atom stereocenters. The predicted octanol–water partition coefficient (Wildman–Crippen LogP) is 2.80. The zero-order valence-corrected chi connectivity index (χ0v) is 13.1. The monoisotopic (exact) mass is 290 g/mol. The number of hydrogen-bond donors (Lipinski definition) is 1. The first kappa shape index (κ1) is 15.8. The van der Waals surface area contributed by atoms with E-state index in [1.165, 1.54) is 6.42 Å². The van der Waals surface area contributed by atoms with Gasteiger partial charge in [0.05, 0.1) is 13.2 Å². The number of carbonyl (C=O) groups is 1. The van der Waals surface area contributed by atoms with Gasteiger partial charge in [-0.2, -0.15) is 0 Å². The Morgan fingerprint density at radius 1 is 1.29 bits per heavy atom. The van der Waals surface area contributed by atoms with Crippen molar-refractivity contribution in [2.75, 3.05) is 20.2 Å². The third kappa shape index (κ3) is 4.21. The maximum atomic E-state index is 12.2. The summed E-state index contributed by atoms with van der Waals surface area (Å²) in [6.07, 6.45) is 5.09. The van der Waals surface area contributed by atoms with Crippen LogP contribution in [0, 0.1) is 6.92 Å². The Bertz CT molecular complexity index is 488. The van der Waals surface area contributed by atoms with Crippen molar-refractivity contribution in [3.8, 4) is 5.75 Å². The molecule has 1 aromatic carbocycles. The Kier molecular flexibility index (Phi) is 5.62. The molecule has 1 fully saturated rings. The van der Waals surface area contributed by atoms with Crippen LogP contribution in [0.1, 0.15) is 49.3 Å².